The predicted octanol–water partition coefficient (Wildman–Crippen LogP) is 3.82. The minimum atomic E-state index is 0.978. The fourth-order valence-electron chi connectivity index (χ4n) is 2.28. The van der Waals surface area contributed by atoms with E-state index in [-0.39, 0.29) is 0 Å². The topological polar surface area (TPSA) is 9.23 Å². The van der Waals surface area contributed by atoms with Crippen LogP contribution in [0.15, 0.2) is 24.3 Å². The van der Waals surface area contributed by atoms with Crippen LogP contribution in [-0.4, -0.2) is 7.11 Å². The number of benzene rings is 1. The Morgan fingerprint density at radius 1 is 1.20 bits per heavy atom. The average Bonchev–Trinajstić information content (AvgIpc) is 2.49. The molecule has 1 aliphatic carbocycles. The second kappa shape index (κ2) is 4.52. The normalized spacial score (nSPS) is 18.4. The molecule has 1 aromatic rings. The number of methoxy groups -OCH3 is 1. The van der Waals surface area contributed by atoms with E-state index < -0.39 is 0 Å². The number of aryl methyl sites for hydroxylation is 1. The zero-order valence-electron chi connectivity index (χ0n) is 9.55. The van der Waals surface area contributed by atoms with E-state index in [4.69, 9.17) is 4.74 Å². The summed E-state index contributed by atoms with van der Waals surface area (Å²) in [6.07, 6.45) is 7.24. The predicted molar refractivity (Wildman–Crippen MR) is 64.2 cm³/mol. The molecule has 1 heteroatoms. The van der Waals surface area contributed by atoms with Gasteiger partial charge in [0.1, 0.15) is 5.75 Å². The Morgan fingerprint density at radius 2 is 2.00 bits per heavy atom. The van der Waals surface area contributed by atoms with Crippen LogP contribution in [0.5, 0.6) is 5.75 Å². The third-order valence-electron chi connectivity index (χ3n) is 3.15. The van der Waals surface area contributed by atoms with Crippen molar-refractivity contribution < 1.29 is 4.74 Å². The van der Waals surface area contributed by atoms with E-state index in [1.165, 1.54) is 42.4 Å². The summed E-state index contributed by atoms with van der Waals surface area (Å²) < 4.78 is 5.27. The molecular formula is C14H18O. The van der Waals surface area contributed by atoms with Crippen LogP contribution < -0.4 is 4.74 Å². The minimum Gasteiger partial charge on any atom is -0.497 e. The average molecular weight is 202 g/mol. The minimum absolute atomic E-state index is 0.978. The van der Waals surface area contributed by atoms with E-state index in [9.17, 15) is 0 Å². The van der Waals surface area contributed by atoms with Crippen LogP contribution in [0.2, 0.25) is 0 Å². The molecule has 1 nitrogen and oxygen atoms in total. The van der Waals surface area contributed by atoms with Gasteiger partial charge in [0, 0.05) is 0 Å². The standard InChI is InChI=1S/C14H18O/c1-3-11-6-4-5-7-12-10-13(15-2)8-9-14(11)12/h3,8-10H,4-7H2,1-2H3/b11-3+. The first-order valence-corrected chi connectivity index (χ1v) is 5.67. The molecule has 0 saturated carbocycles. The van der Waals surface area contributed by atoms with E-state index in [2.05, 4.69) is 31.2 Å². The van der Waals surface area contributed by atoms with Crippen molar-refractivity contribution in [3.63, 3.8) is 0 Å². The molecule has 0 aromatic heterocycles. The summed E-state index contributed by atoms with van der Waals surface area (Å²) in [5, 5.41) is 0. The van der Waals surface area contributed by atoms with Crippen molar-refractivity contribution in [1.29, 1.82) is 0 Å². The highest BCUT2D eigenvalue weighted by Crippen LogP contribution is 2.31. The van der Waals surface area contributed by atoms with Crippen molar-refractivity contribution in [3.8, 4) is 5.75 Å². The van der Waals surface area contributed by atoms with Crippen molar-refractivity contribution in [2.75, 3.05) is 7.11 Å². The maximum atomic E-state index is 5.27. The molecule has 0 atom stereocenters. The molecule has 15 heavy (non-hydrogen) atoms. The molecule has 0 heterocycles. The quantitative estimate of drug-likeness (QED) is 0.629. The van der Waals surface area contributed by atoms with Gasteiger partial charge in [-0.05, 0) is 61.4 Å². The van der Waals surface area contributed by atoms with Gasteiger partial charge in [-0.3, -0.25) is 0 Å². The summed E-state index contributed by atoms with van der Waals surface area (Å²) in [5.41, 5.74) is 4.36. The van der Waals surface area contributed by atoms with E-state index >= 15 is 0 Å². The molecule has 80 valence electrons. The Labute approximate surface area is 91.8 Å². The first-order valence-electron chi connectivity index (χ1n) is 5.67. The number of hydrogen-bond acceptors (Lipinski definition) is 1. The van der Waals surface area contributed by atoms with Gasteiger partial charge in [-0.15, -0.1) is 0 Å². The third-order valence-corrected chi connectivity index (χ3v) is 3.15. The smallest absolute Gasteiger partial charge is 0.119 e. The van der Waals surface area contributed by atoms with E-state index in [0.717, 1.165) is 5.75 Å². The van der Waals surface area contributed by atoms with Crippen molar-refractivity contribution in [1.82, 2.24) is 0 Å². The monoisotopic (exact) mass is 202 g/mol. The summed E-state index contributed by atoms with van der Waals surface area (Å²) in [5.74, 6) is 0.978. The van der Waals surface area contributed by atoms with Gasteiger partial charge in [0.2, 0.25) is 0 Å². The third kappa shape index (κ3) is 2.06. The van der Waals surface area contributed by atoms with Crippen LogP contribution >= 0.6 is 0 Å². The largest absolute Gasteiger partial charge is 0.497 e. The van der Waals surface area contributed by atoms with Gasteiger partial charge in [-0.1, -0.05) is 12.1 Å². The number of hydrogen-bond donors (Lipinski definition) is 0. The molecule has 0 spiro atoms. The fourth-order valence-corrected chi connectivity index (χ4v) is 2.28. The molecule has 0 radical (unpaired) electrons. The van der Waals surface area contributed by atoms with Crippen molar-refractivity contribution in [3.05, 3.63) is 35.4 Å². The van der Waals surface area contributed by atoms with E-state index in [0.29, 0.717) is 0 Å². The molecule has 0 unspecified atom stereocenters. The van der Waals surface area contributed by atoms with Gasteiger partial charge in [0.25, 0.3) is 0 Å². The first kappa shape index (κ1) is 10.3. The summed E-state index contributed by atoms with van der Waals surface area (Å²) in [6.45, 7) is 2.13. The van der Waals surface area contributed by atoms with Gasteiger partial charge in [0.05, 0.1) is 7.11 Å². The lowest BCUT2D eigenvalue weighted by atomic mass is 9.98. The van der Waals surface area contributed by atoms with Gasteiger partial charge < -0.3 is 4.74 Å². The maximum absolute atomic E-state index is 5.27. The van der Waals surface area contributed by atoms with Crippen molar-refractivity contribution in [2.45, 2.75) is 32.6 Å². The molecule has 0 fully saturated rings. The van der Waals surface area contributed by atoms with Gasteiger partial charge >= 0.3 is 0 Å². The van der Waals surface area contributed by atoms with Crippen LogP contribution in [0.1, 0.15) is 37.3 Å². The molecule has 0 bridgehead atoms. The van der Waals surface area contributed by atoms with Crippen molar-refractivity contribution >= 4 is 5.57 Å². The molecule has 0 aliphatic heterocycles. The second-order valence-corrected chi connectivity index (χ2v) is 4.04. The zero-order chi connectivity index (χ0) is 10.7. The Hall–Kier alpha value is -1.24. The van der Waals surface area contributed by atoms with Crippen molar-refractivity contribution in [2.24, 2.45) is 0 Å². The second-order valence-electron chi connectivity index (χ2n) is 4.04. The summed E-state index contributed by atoms with van der Waals surface area (Å²) in [4.78, 5) is 0. The summed E-state index contributed by atoms with van der Waals surface area (Å²) in [7, 11) is 1.73. The summed E-state index contributed by atoms with van der Waals surface area (Å²) >= 11 is 0. The highest BCUT2D eigenvalue weighted by Gasteiger charge is 2.12. The van der Waals surface area contributed by atoms with Gasteiger partial charge in [-0.2, -0.15) is 0 Å². The van der Waals surface area contributed by atoms with Gasteiger partial charge in [-0.25, -0.2) is 0 Å². The Bertz CT molecular complexity index is 377. The van der Waals surface area contributed by atoms with E-state index in [1.807, 2.05) is 0 Å². The zero-order valence-corrected chi connectivity index (χ0v) is 9.55. The highest BCUT2D eigenvalue weighted by atomic mass is 16.5. The van der Waals surface area contributed by atoms with Crippen LogP contribution in [-0.2, 0) is 6.42 Å². The fraction of sp³-hybridized carbons (Fsp3) is 0.429. The lowest BCUT2D eigenvalue weighted by Gasteiger charge is -2.10. The molecule has 0 amide bonds. The lowest BCUT2D eigenvalue weighted by Crippen LogP contribution is -1.92. The van der Waals surface area contributed by atoms with Crippen LogP contribution in [0, 0.1) is 0 Å². The molecule has 1 aromatic carbocycles. The Morgan fingerprint density at radius 3 is 2.73 bits per heavy atom. The molecular weight excluding hydrogens is 184 g/mol. The van der Waals surface area contributed by atoms with Gasteiger partial charge in [0.15, 0.2) is 0 Å². The van der Waals surface area contributed by atoms with E-state index in [1.54, 1.807) is 7.11 Å². The molecule has 1 aliphatic rings. The molecule has 0 saturated heterocycles. The molecule has 2 rings (SSSR count). The summed E-state index contributed by atoms with van der Waals surface area (Å²) in [6, 6.07) is 6.45. The maximum Gasteiger partial charge on any atom is 0.119 e. The van der Waals surface area contributed by atoms with Crippen LogP contribution in [0.3, 0.4) is 0 Å². The van der Waals surface area contributed by atoms with Crippen LogP contribution in [0.25, 0.3) is 5.57 Å². The lowest BCUT2D eigenvalue weighted by molar-refractivity contribution is 0.414. The highest BCUT2D eigenvalue weighted by molar-refractivity contribution is 5.69. The SMILES string of the molecule is C/C=C1\CCCCc2cc(OC)ccc21. The molecule has 0 N–H and O–H groups in total. The number of rotatable bonds is 1. The number of fused-ring (bicyclic) bond motifs is 1. The Kier molecular flexibility index (Phi) is 3.10. The number of ether oxygens (including phenoxy) is 1. The van der Waals surface area contributed by atoms with Crippen LogP contribution in [0.4, 0.5) is 0 Å². The number of allylic oxidation sites excluding steroid dienone is 2. The first-order chi connectivity index (χ1) is 7.35. The Balaban J connectivity index is 2.45.